The number of alkyl halides is 3. The molecule has 1 rings (SSSR count). The van der Waals surface area contributed by atoms with Gasteiger partial charge in [0.2, 0.25) is 0 Å². The van der Waals surface area contributed by atoms with Gasteiger partial charge in [-0.15, -0.1) is 0 Å². The van der Waals surface area contributed by atoms with E-state index in [2.05, 4.69) is 20.7 Å². The van der Waals surface area contributed by atoms with Crippen molar-refractivity contribution in [3.05, 3.63) is 28.2 Å². The van der Waals surface area contributed by atoms with Crippen LogP contribution in [0.3, 0.4) is 0 Å². The van der Waals surface area contributed by atoms with Gasteiger partial charge in [-0.05, 0) is 33.6 Å². The molecule has 0 fully saturated rings. The molecule has 0 saturated carbocycles. The summed E-state index contributed by atoms with van der Waals surface area (Å²) in [6.45, 7) is -0.918. The minimum Gasteiger partial charge on any atom is -0.490 e. The molecule has 0 aliphatic carbocycles. The summed E-state index contributed by atoms with van der Waals surface area (Å²) in [6, 6.07) is 5.29. The van der Waals surface area contributed by atoms with Gasteiger partial charge in [0.25, 0.3) is 0 Å². The summed E-state index contributed by atoms with van der Waals surface area (Å²) in [5, 5.41) is 0. The van der Waals surface area contributed by atoms with Crippen molar-refractivity contribution in [2.24, 2.45) is 5.73 Å². The summed E-state index contributed by atoms with van der Waals surface area (Å²) in [7, 11) is 0. The van der Waals surface area contributed by atoms with Crippen LogP contribution in [0.5, 0.6) is 5.75 Å². The molecule has 0 atom stereocenters. The number of rotatable bonds is 6. The van der Waals surface area contributed by atoms with Crippen LogP contribution < -0.4 is 10.5 Å². The highest BCUT2D eigenvalue weighted by atomic mass is 79.9. The second-order valence-corrected chi connectivity index (χ2v) is 4.34. The predicted octanol–water partition coefficient (Wildman–Crippen LogP) is 2.87. The van der Waals surface area contributed by atoms with Crippen molar-refractivity contribution in [2.75, 3.05) is 19.8 Å². The van der Waals surface area contributed by atoms with Crippen LogP contribution in [0, 0.1) is 0 Å². The van der Waals surface area contributed by atoms with Crippen LogP contribution in [-0.4, -0.2) is 26.0 Å². The van der Waals surface area contributed by atoms with Crippen molar-refractivity contribution in [3.63, 3.8) is 0 Å². The summed E-state index contributed by atoms with van der Waals surface area (Å²) < 4.78 is 45.7. The minimum absolute atomic E-state index is 0.0522. The van der Waals surface area contributed by atoms with Crippen molar-refractivity contribution in [2.45, 2.75) is 12.7 Å². The highest BCUT2D eigenvalue weighted by Crippen LogP contribution is 2.25. The van der Waals surface area contributed by atoms with Crippen LogP contribution in [-0.2, 0) is 11.3 Å². The number of benzene rings is 1. The molecule has 0 aliphatic rings. The zero-order valence-electron chi connectivity index (χ0n) is 9.47. The lowest BCUT2D eigenvalue weighted by molar-refractivity contribution is -0.175. The summed E-state index contributed by atoms with van der Waals surface area (Å²) >= 11 is 3.29. The SMILES string of the molecule is NCc1ccc(OCCOCC(F)(F)F)c(Br)c1. The third kappa shape index (κ3) is 5.70. The van der Waals surface area contributed by atoms with Gasteiger partial charge in [0.15, 0.2) is 0 Å². The van der Waals surface area contributed by atoms with Crippen molar-refractivity contribution < 1.29 is 22.6 Å². The monoisotopic (exact) mass is 327 g/mol. The van der Waals surface area contributed by atoms with Crippen molar-refractivity contribution in [1.29, 1.82) is 0 Å². The van der Waals surface area contributed by atoms with E-state index < -0.39 is 12.8 Å². The summed E-state index contributed by atoms with van der Waals surface area (Å²) in [5.41, 5.74) is 6.39. The second-order valence-electron chi connectivity index (χ2n) is 3.49. The quantitative estimate of drug-likeness (QED) is 0.817. The lowest BCUT2D eigenvalue weighted by Crippen LogP contribution is -2.19. The average Bonchev–Trinajstić information content (AvgIpc) is 2.29. The Morgan fingerprint density at radius 1 is 1.22 bits per heavy atom. The molecule has 0 saturated heterocycles. The molecule has 0 amide bonds. The Labute approximate surface area is 111 Å². The number of ether oxygens (including phenoxy) is 2. The van der Waals surface area contributed by atoms with Crippen molar-refractivity contribution in [1.82, 2.24) is 0 Å². The van der Waals surface area contributed by atoms with Crippen LogP contribution >= 0.6 is 15.9 Å². The van der Waals surface area contributed by atoms with Crippen LogP contribution in [0.2, 0.25) is 0 Å². The molecule has 3 nitrogen and oxygen atoms in total. The Bertz CT molecular complexity index is 385. The van der Waals surface area contributed by atoms with Gasteiger partial charge in [0.05, 0.1) is 11.1 Å². The van der Waals surface area contributed by atoms with E-state index in [0.29, 0.717) is 16.8 Å². The maximum absolute atomic E-state index is 11.8. The Balaban J connectivity index is 2.31. The maximum atomic E-state index is 11.8. The third-order valence-electron chi connectivity index (χ3n) is 1.98. The second kappa shape index (κ2) is 6.96. The smallest absolute Gasteiger partial charge is 0.411 e. The molecule has 0 unspecified atom stereocenters. The van der Waals surface area contributed by atoms with Gasteiger partial charge in [-0.2, -0.15) is 13.2 Å². The highest BCUT2D eigenvalue weighted by molar-refractivity contribution is 9.10. The molecule has 7 heteroatoms. The number of hydrogen-bond donors (Lipinski definition) is 1. The Hall–Kier alpha value is -0.790. The molecule has 0 radical (unpaired) electrons. The first-order valence-corrected chi connectivity index (χ1v) is 5.97. The molecule has 2 N–H and O–H groups in total. The first kappa shape index (κ1) is 15.3. The molecule has 0 aliphatic heterocycles. The zero-order valence-corrected chi connectivity index (χ0v) is 11.1. The largest absolute Gasteiger partial charge is 0.490 e. The number of halogens is 4. The fourth-order valence-electron chi connectivity index (χ4n) is 1.19. The summed E-state index contributed by atoms with van der Waals surface area (Å²) in [5.74, 6) is 0.544. The van der Waals surface area contributed by atoms with E-state index in [4.69, 9.17) is 10.5 Å². The van der Waals surface area contributed by atoms with Gasteiger partial charge in [0.1, 0.15) is 19.0 Å². The van der Waals surface area contributed by atoms with Crippen molar-refractivity contribution >= 4 is 15.9 Å². The van der Waals surface area contributed by atoms with Gasteiger partial charge >= 0.3 is 6.18 Å². The van der Waals surface area contributed by atoms with Gasteiger partial charge < -0.3 is 15.2 Å². The van der Waals surface area contributed by atoms with Gasteiger partial charge in [-0.25, -0.2) is 0 Å². The predicted molar refractivity (Wildman–Crippen MR) is 64.4 cm³/mol. The normalized spacial score (nSPS) is 11.6. The Morgan fingerprint density at radius 2 is 1.94 bits per heavy atom. The maximum Gasteiger partial charge on any atom is 0.411 e. The number of hydrogen-bond acceptors (Lipinski definition) is 3. The molecular weight excluding hydrogens is 315 g/mol. The van der Waals surface area contributed by atoms with E-state index >= 15 is 0 Å². The molecule has 102 valence electrons. The summed E-state index contributed by atoms with van der Waals surface area (Å²) in [6.07, 6.45) is -4.30. The molecule has 18 heavy (non-hydrogen) atoms. The lowest BCUT2D eigenvalue weighted by Gasteiger charge is -2.10. The van der Waals surface area contributed by atoms with E-state index in [1.54, 1.807) is 18.2 Å². The van der Waals surface area contributed by atoms with Crippen molar-refractivity contribution in [3.8, 4) is 5.75 Å². The fraction of sp³-hybridized carbons (Fsp3) is 0.455. The molecule has 1 aromatic carbocycles. The summed E-state index contributed by atoms with van der Waals surface area (Å²) in [4.78, 5) is 0. The van der Waals surface area contributed by atoms with E-state index in [0.717, 1.165) is 5.56 Å². The minimum atomic E-state index is -4.30. The molecule has 0 heterocycles. The van der Waals surface area contributed by atoms with E-state index in [-0.39, 0.29) is 13.2 Å². The van der Waals surface area contributed by atoms with E-state index in [1.807, 2.05) is 0 Å². The van der Waals surface area contributed by atoms with Gasteiger partial charge in [-0.1, -0.05) is 6.07 Å². The Morgan fingerprint density at radius 3 is 2.50 bits per heavy atom. The zero-order chi connectivity index (χ0) is 13.6. The molecule has 1 aromatic rings. The standard InChI is InChI=1S/C11H13BrF3NO2/c12-9-5-8(6-16)1-2-10(9)18-4-3-17-7-11(13,14)15/h1-2,5H,3-4,6-7,16H2. The average molecular weight is 328 g/mol. The third-order valence-corrected chi connectivity index (χ3v) is 2.60. The lowest BCUT2D eigenvalue weighted by atomic mass is 10.2. The first-order valence-electron chi connectivity index (χ1n) is 5.18. The molecule has 0 spiro atoms. The molecular formula is C11H13BrF3NO2. The molecule has 0 aromatic heterocycles. The Kier molecular flexibility index (Phi) is 5.90. The van der Waals surface area contributed by atoms with Crippen LogP contribution in [0.1, 0.15) is 5.56 Å². The van der Waals surface area contributed by atoms with Gasteiger partial charge in [-0.3, -0.25) is 0 Å². The number of nitrogens with two attached hydrogens (primary N) is 1. The van der Waals surface area contributed by atoms with Gasteiger partial charge in [0, 0.05) is 6.54 Å². The van der Waals surface area contributed by atoms with Crippen LogP contribution in [0.25, 0.3) is 0 Å². The fourth-order valence-corrected chi connectivity index (χ4v) is 1.73. The van der Waals surface area contributed by atoms with E-state index in [1.165, 1.54) is 0 Å². The van der Waals surface area contributed by atoms with Crippen LogP contribution in [0.4, 0.5) is 13.2 Å². The molecule has 0 bridgehead atoms. The highest BCUT2D eigenvalue weighted by Gasteiger charge is 2.27. The van der Waals surface area contributed by atoms with E-state index in [9.17, 15) is 13.2 Å². The van der Waals surface area contributed by atoms with Crippen LogP contribution in [0.15, 0.2) is 22.7 Å². The first-order chi connectivity index (χ1) is 8.42. The topological polar surface area (TPSA) is 44.5 Å².